The predicted molar refractivity (Wildman–Crippen MR) is 109 cm³/mol. The van der Waals surface area contributed by atoms with Crippen molar-refractivity contribution in [2.75, 3.05) is 43.5 Å². The molecule has 1 saturated heterocycles. The van der Waals surface area contributed by atoms with Gasteiger partial charge in [-0.05, 0) is 67.7 Å². The van der Waals surface area contributed by atoms with E-state index in [1.807, 2.05) is 36.4 Å². The largest absolute Gasteiger partial charge is 0.497 e. The molecule has 136 valence electrons. The lowest BCUT2D eigenvalue weighted by molar-refractivity contribution is 0.101. The summed E-state index contributed by atoms with van der Waals surface area (Å²) in [7, 11) is 1.68. The second-order valence-electron chi connectivity index (χ2n) is 6.24. The van der Waals surface area contributed by atoms with Crippen molar-refractivity contribution < 1.29 is 9.53 Å². The van der Waals surface area contributed by atoms with E-state index in [-0.39, 0.29) is 5.78 Å². The normalized spacial score (nSPS) is 14.1. The molecule has 0 bridgehead atoms. The summed E-state index contributed by atoms with van der Waals surface area (Å²) in [4.78, 5) is 15.9. The summed E-state index contributed by atoms with van der Waals surface area (Å²) in [6.07, 6.45) is 0. The standard InChI is InChI=1S/C20H23N3O2S/c1-15(24)16-3-5-17(6-4-16)21-20(26)23-13-11-22(12-14-23)18-7-9-19(25-2)10-8-18/h3-10H,11-14H2,1-2H3,(H,21,26). The fourth-order valence-electron chi connectivity index (χ4n) is 2.95. The first-order valence-electron chi connectivity index (χ1n) is 8.63. The highest BCUT2D eigenvalue weighted by molar-refractivity contribution is 7.80. The molecule has 1 aliphatic rings. The third-order valence-corrected chi connectivity index (χ3v) is 4.91. The minimum Gasteiger partial charge on any atom is -0.497 e. The van der Waals surface area contributed by atoms with Crippen molar-refractivity contribution in [2.24, 2.45) is 0 Å². The zero-order valence-corrected chi connectivity index (χ0v) is 15.9. The van der Waals surface area contributed by atoms with Crippen LogP contribution in [0.15, 0.2) is 48.5 Å². The fraction of sp³-hybridized carbons (Fsp3) is 0.300. The average molecular weight is 369 g/mol. The minimum absolute atomic E-state index is 0.0637. The number of ether oxygens (including phenoxy) is 1. The number of nitrogens with zero attached hydrogens (tertiary/aromatic N) is 2. The maximum Gasteiger partial charge on any atom is 0.173 e. The number of piperazine rings is 1. The van der Waals surface area contributed by atoms with E-state index in [1.165, 1.54) is 5.69 Å². The van der Waals surface area contributed by atoms with Crippen molar-refractivity contribution >= 4 is 34.5 Å². The first-order chi connectivity index (χ1) is 12.6. The summed E-state index contributed by atoms with van der Waals surface area (Å²) < 4.78 is 5.21. The molecule has 0 saturated carbocycles. The SMILES string of the molecule is COc1ccc(N2CCN(C(=S)Nc3ccc(C(C)=O)cc3)CC2)cc1. The van der Waals surface area contributed by atoms with Crippen LogP contribution in [0.25, 0.3) is 0 Å². The van der Waals surface area contributed by atoms with E-state index in [0.717, 1.165) is 42.7 Å². The molecule has 0 radical (unpaired) electrons. The molecule has 2 aromatic rings. The van der Waals surface area contributed by atoms with Crippen LogP contribution >= 0.6 is 12.2 Å². The van der Waals surface area contributed by atoms with Crippen LogP contribution in [0.3, 0.4) is 0 Å². The highest BCUT2D eigenvalue weighted by atomic mass is 32.1. The smallest absolute Gasteiger partial charge is 0.173 e. The van der Waals surface area contributed by atoms with Gasteiger partial charge in [-0.2, -0.15) is 0 Å². The molecule has 0 unspecified atom stereocenters. The van der Waals surface area contributed by atoms with Crippen molar-refractivity contribution in [1.29, 1.82) is 0 Å². The Labute approximate surface area is 159 Å². The average Bonchev–Trinajstić information content (AvgIpc) is 2.68. The Bertz CT molecular complexity index is 767. The number of methoxy groups -OCH3 is 1. The van der Waals surface area contributed by atoms with Gasteiger partial charge in [-0.3, -0.25) is 4.79 Å². The molecular formula is C20H23N3O2S. The first kappa shape index (κ1) is 18.2. The van der Waals surface area contributed by atoms with Crippen molar-refractivity contribution in [2.45, 2.75) is 6.92 Å². The zero-order chi connectivity index (χ0) is 18.5. The van der Waals surface area contributed by atoms with E-state index in [2.05, 4.69) is 27.2 Å². The maximum atomic E-state index is 11.3. The van der Waals surface area contributed by atoms with E-state index in [0.29, 0.717) is 5.56 Å². The number of hydrogen-bond donors (Lipinski definition) is 1. The number of carbonyl (C=O) groups excluding carboxylic acids is 1. The number of thiocarbonyl (C=S) groups is 1. The number of Topliss-reactive ketones (excluding diaryl/α,β-unsaturated/α-hetero) is 1. The van der Waals surface area contributed by atoms with E-state index in [4.69, 9.17) is 17.0 Å². The van der Waals surface area contributed by atoms with Gasteiger partial charge in [0, 0.05) is 43.1 Å². The van der Waals surface area contributed by atoms with Gasteiger partial charge >= 0.3 is 0 Å². The summed E-state index contributed by atoms with van der Waals surface area (Å²) in [6.45, 7) is 5.12. The molecule has 1 aliphatic heterocycles. The molecule has 0 spiro atoms. The molecular weight excluding hydrogens is 346 g/mol. The molecule has 2 aromatic carbocycles. The second-order valence-corrected chi connectivity index (χ2v) is 6.62. The maximum absolute atomic E-state index is 11.3. The van der Waals surface area contributed by atoms with Crippen LogP contribution in [0, 0.1) is 0 Å². The third kappa shape index (κ3) is 4.32. The van der Waals surface area contributed by atoms with Crippen LogP contribution < -0.4 is 15.0 Å². The summed E-state index contributed by atoms with van der Waals surface area (Å²) in [6, 6.07) is 15.5. The van der Waals surface area contributed by atoms with E-state index in [9.17, 15) is 4.79 Å². The number of carbonyl (C=O) groups is 1. The fourth-order valence-corrected chi connectivity index (χ4v) is 3.25. The topological polar surface area (TPSA) is 44.8 Å². The van der Waals surface area contributed by atoms with E-state index >= 15 is 0 Å². The van der Waals surface area contributed by atoms with Gasteiger partial charge in [-0.15, -0.1) is 0 Å². The lowest BCUT2D eigenvalue weighted by Crippen LogP contribution is -2.50. The molecule has 0 aromatic heterocycles. The van der Waals surface area contributed by atoms with Gasteiger partial charge in [0.1, 0.15) is 5.75 Å². The minimum atomic E-state index is 0.0637. The highest BCUT2D eigenvalue weighted by Gasteiger charge is 2.19. The molecule has 5 nitrogen and oxygen atoms in total. The molecule has 6 heteroatoms. The molecule has 0 atom stereocenters. The number of nitrogens with one attached hydrogen (secondary N) is 1. The molecule has 1 fully saturated rings. The lowest BCUT2D eigenvalue weighted by Gasteiger charge is -2.37. The molecule has 26 heavy (non-hydrogen) atoms. The molecule has 0 amide bonds. The van der Waals surface area contributed by atoms with Gasteiger partial charge in [0.15, 0.2) is 10.9 Å². The van der Waals surface area contributed by atoms with Gasteiger partial charge in [0.2, 0.25) is 0 Å². The monoisotopic (exact) mass is 369 g/mol. The van der Waals surface area contributed by atoms with Crippen LogP contribution in [0.2, 0.25) is 0 Å². The van der Waals surface area contributed by atoms with Gasteiger partial charge in [0.05, 0.1) is 7.11 Å². The van der Waals surface area contributed by atoms with Gasteiger partial charge in [-0.25, -0.2) is 0 Å². The summed E-state index contributed by atoms with van der Waals surface area (Å²) in [5.41, 5.74) is 2.80. The molecule has 0 aliphatic carbocycles. The van der Waals surface area contributed by atoms with Crippen molar-refractivity contribution in [3.8, 4) is 5.75 Å². The third-order valence-electron chi connectivity index (χ3n) is 4.55. The quantitative estimate of drug-likeness (QED) is 0.658. The van der Waals surface area contributed by atoms with Crippen molar-refractivity contribution in [1.82, 2.24) is 4.90 Å². The van der Waals surface area contributed by atoms with Crippen LogP contribution in [-0.4, -0.2) is 49.1 Å². The number of hydrogen-bond acceptors (Lipinski definition) is 4. The van der Waals surface area contributed by atoms with Gasteiger partial charge in [0.25, 0.3) is 0 Å². The van der Waals surface area contributed by atoms with Crippen molar-refractivity contribution in [3.63, 3.8) is 0 Å². The van der Waals surface area contributed by atoms with Crippen LogP contribution in [0.4, 0.5) is 11.4 Å². The molecule has 1 N–H and O–H groups in total. The number of benzene rings is 2. The predicted octanol–water partition coefficient (Wildman–Crippen LogP) is 3.42. The summed E-state index contributed by atoms with van der Waals surface area (Å²) in [5.74, 6) is 0.933. The number of anilines is 2. The Morgan fingerprint density at radius 2 is 1.62 bits per heavy atom. The van der Waals surface area contributed by atoms with Crippen LogP contribution in [0.5, 0.6) is 5.75 Å². The number of rotatable bonds is 4. The van der Waals surface area contributed by atoms with Gasteiger partial charge < -0.3 is 19.9 Å². The van der Waals surface area contributed by atoms with E-state index in [1.54, 1.807) is 14.0 Å². The summed E-state index contributed by atoms with van der Waals surface area (Å²) >= 11 is 5.54. The molecule has 3 rings (SSSR count). The Morgan fingerprint density at radius 3 is 2.15 bits per heavy atom. The Kier molecular flexibility index (Phi) is 5.73. The highest BCUT2D eigenvalue weighted by Crippen LogP contribution is 2.21. The van der Waals surface area contributed by atoms with Crippen LogP contribution in [-0.2, 0) is 0 Å². The Hall–Kier alpha value is -2.60. The Morgan fingerprint density at radius 1 is 1.00 bits per heavy atom. The lowest BCUT2D eigenvalue weighted by atomic mass is 10.1. The van der Waals surface area contributed by atoms with Crippen molar-refractivity contribution in [3.05, 3.63) is 54.1 Å². The zero-order valence-electron chi connectivity index (χ0n) is 15.1. The second kappa shape index (κ2) is 8.19. The molecule has 1 heterocycles. The Balaban J connectivity index is 1.53. The summed E-state index contributed by atoms with van der Waals surface area (Å²) in [5, 5.41) is 3.98. The first-order valence-corrected chi connectivity index (χ1v) is 9.03. The van der Waals surface area contributed by atoms with Crippen LogP contribution in [0.1, 0.15) is 17.3 Å². The number of ketones is 1. The van der Waals surface area contributed by atoms with Gasteiger partial charge in [-0.1, -0.05) is 0 Å². The van der Waals surface area contributed by atoms with E-state index < -0.39 is 0 Å².